The molecular formula is C20H22BrNO3. The lowest BCUT2D eigenvalue weighted by molar-refractivity contribution is 0.0905. The fourth-order valence-corrected chi connectivity index (χ4v) is 2.83. The highest BCUT2D eigenvalue weighted by molar-refractivity contribution is 9.09. The van der Waals surface area contributed by atoms with Crippen LogP contribution in [0.2, 0.25) is 0 Å². The summed E-state index contributed by atoms with van der Waals surface area (Å²) in [6, 6.07) is 13.1. The van der Waals surface area contributed by atoms with Crippen molar-refractivity contribution in [3.05, 3.63) is 59.2 Å². The van der Waals surface area contributed by atoms with Gasteiger partial charge in [-0.3, -0.25) is 9.59 Å². The number of hydrogen-bond donors (Lipinski definition) is 1. The lowest BCUT2D eigenvalue weighted by atomic mass is 9.97. The van der Waals surface area contributed by atoms with Gasteiger partial charge in [0.1, 0.15) is 0 Å². The Labute approximate surface area is 156 Å². The van der Waals surface area contributed by atoms with E-state index in [9.17, 15) is 9.59 Å². The number of nitrogens with one attached hydrogen (secondary N) is 1. The van der Waals surface area contributed by atoms with Gasteiger partial charge in [0.05, 0.1) is 11.9 Å². The highest BCUT2D eigenvalue weighted by Gasteiger charge is 2.15. The third kappa shape index (κ3) is 5.25. The molecule has 1 N–H and O–H groups in total. The molecule has 0 bridgehead atoms. The molecular weight excluding hydrogens is 382 g/mol. The van der Waals surface area contributed by atoms with Crippen LogP contribution in [0.25, 0.3) is 11.1 Å². The van der Waals surface area contributed by atoms with E-state index in [2.05, 4.69) is 21.2 Å². The van der Waals surface area contributed by atoms with Gasteiger partial charge < -0.3 is 10.1 Å². The van der Waals surface area contributed by atoms with Crippen molar-refractivity contribution in [2.24, 2.45) is 0 Å². The van der Waals surface area contributed by atoms with Crippen molar-refractivity contribution in [2.45, 2.75) is 19.9 Å². The normalized spacial score (nSPS) is 11.8. The Morgan fingerprint density at radius 1 is 1.08 bits per heavy atom. The molecule has 0 heterocycles. The van der Waals surface area contributed by atoms with Crippen molar-refractivity contribution < 1.29 is 14.3 Å². The number of carbonyl (C=O) groups excluding carboxylic acids is 2. The molecule has 25 heavy (non-hydrogen) atoms. The second-order valence-electron chi connectivity index (χ2n) is 6.05. The first-order valence-electron chi connectivity index (χ1n) is 8.05. The molecule has 4 nitrogen and oxygen atoms in total. The average Bonchev–Trinajstić information content (AvgIpc) is 2.61. The van der Waals surface area contributed by atoms with E-state index in [1.165, 1.54) is 0 Å². The molecule has 0 aromatic heterocycles. The van der Waals surface area contributed by atoms with Gasteiger partial charge in [0, 0.05) is 24.3 Å². The van der Waals surface area contributed by atoms with E-state index in [4.69, 9.17) is 4.74 Å². The second-order valence-corrected chi connectivity index (χ2v) is 6.61. The van der Waals surface area contributed by atoms with Crippen LogP contribution in [0, 0.1) is 6.92 Å². The largest absolute Gasteiger partial charge is 0.383 e. The Kier molecular flexibility index (Phi) is 6.91. The number of halogens is 1. The SMILES string of the molecule is COC[C@@H](C)NC(=O)c1cc(C(=O)CBr)cc(-c2ccc(C)cc2)c1. The van der Waals surface area contributed by atoms with Crippen LogP contribution >= 0.6 is 15.9 Å². The molecule has 0 saturated heterocycles. The molecule has 0 aliphatic rings. The Morgan fingerprint density at radius 2 is 1.72 bits per heavy atom. The fraction of sp³-hybridized carbons (Fsp3) is 0.300. The van der Waals surface area contributed by atoms with Gasteiger partial charge in [-0.1, -0.05) is 45.8 Å². The molecule has 0 aliphatic heterocycles. The highest BCUT2D eigenvalue weighted by atomic mass is 79.9. The van der Waals surface area contributed by atoms with E-state index in [-0.39, 0.29) is 23.1 Å². The van der Waals surface area contributed by atoms with Crippen LogP contribution in [-0.4, -0.2) is 36.8 Å². The third-order valence-corrected chi connectivity index (χ3v) is 4.33. The van der Waals surface area contributed by atoms with Crippen LogP contribution in [0.1, 0.15) is 33.2 Å². The lowest BCUT2D eigenvalue weighted by Gasteiger charge is -2.14. The van der Waals surface area contributed by atoms with E-state index in [1.807, 2.05) is 50.2 Å². The number of rotatable bonds is 7. The van der Waals surface area contributed by atoms with Gasteiger partial charge in [-0.2, -0.15) is 0 Å². The number of aryl methyl sites for hydroxylation is 1. The summed E-state index contributed by atoms with van der Waals surface area (Å²) in [4.78, 5) is 24.7. The molecule has 2 rings (SSSR count). The van der Waals surface area contributed by atoms with Crippen LogP contribution in [-0.2, 0) is 4.74 Å². The molecule has 0 saturated carbocycles. The van der Waals surface area contributed by atoms with Gasteiger partial charge in [-0.15, -0.1) is 0 Å². The molecule has 0 aliphatic carbocycles. The molecule has 2 aromatic carbocycles. The van der Waals surface area contributed by atoms with Crippen molar-refractivity contribution in [3.63, 3.8) is 0 Å². The third-order valence-electron chi connectivity index (χ3n) is 3.82. The molecule has 2 aromatic rings. The first-order chi connectivity index (χ1) is 11.9. The second kappa shape index (κ2) is 8.92. The number of Topliss-reactive ketones (excluding diaryl/α,β-unsaturated/α-hetero) is 1. The van der Waals surface area contributed by atoms with Gasteiger partial charge in [0.25, 0.3) is 5.91 Å². The summed E-state index contributed by atoms with van der Waals surface area (Å²) in [6.45, 7) is 4.32. The number of methoxy groups -OCH3 is 1. The molecule has 0 fully saturated rings. The maximum Gasteiger partial charge on any atom is 0.251 e. The van der Waals surface area contributed by atoms with Gasteiger partial charge in [-0.05, 0) is 43.2 Å². The topological polar surface area (TPSA) is 55.4 Å². The standard InChI is InChI=1S/C20H22BrNO3/c1-13-4-6-15(7-5-13)16-8-17(19(23)11-21)10-18(9-16)20(24)22-14(2)12-25-3/h4-10,14H,11-12H2,1-3H3,(H,22,24)/t14-/m1/s1. The van der Waals surface area contributed by atoms with Crippen molar-refractivity contribution in [2.75, 3.05) is 19.0 Å². The molecule has 132 valence electrons. The maximum atomic E-state index is 12.5. The molecule has 5 heteroatoms. The number of benzene rings is 2. The molecule has 0 unspecified atom stereocenters. The van der Waals surface area contributed by atoms with Crippen LogP contribution in [0.3, 0.4) is 0 Å². The van der Waals surface area contributed by atoms with Crippen LogP contribution in [0.4, 0.5) is 0 Å². The van der Waals surface area contributed by atoms with Crippen LogP contribution < -0.4 is 5.32 Å². The number of alkyl halides is 1. The zero-order chi connectivity index (χ0) is 18.4. The van der Waals surface area contributed by atoms with E-state index in [1.54, 1.807) is 13.2 Å². The molecule has 1 atom stereocenters. The van der Waals surface area contributed by atoms with Gasteiger partial charge in [-0.25, -0.2) is 0 Å². The minimum atomic E-state index is -0.220. The quantitative estimate of drug-likeness (QED) is 0.561. The predicted octanol–water partition coefficient (Wildman–Crippen LogP) is 4.00. The zero-order valence-electron chi connectivity index (χ0n) is 14.6. The van der Waals surface area contributed by atoms with E-state index in [0.29, 0.717) is 17.7 Å². The molecule has 0 spiro atoms. The monoisotopic (exact) mass is 403 g/mol. The summed E-state index contributed by atoms with van der Waals surface area (Å²) < 4.78 is 5.05. The first kappa shape index (κ1) is 19.3. The summed E-state index contributed by atoms with van der Waals surface area (Å²) in [6.07, 6.45) is 0. The Bertz CT molecular complexity index is 756. The minimum absolute atomic E-state index is 0.0621. The average molecular weight is 404 g/mol. The summed E-state index contributed by atoms with van der Waals surface area (Å²) >= 11 is 3.20. The maximum absolute atomic E-state index is 12.5. The Morgan fingerprint density at radius 3 is 2.32 bits per heavy atom. The Balaban J connectivity index is 2.41. The Hall–Kier alpha value is -1.98. The van der Waals surface area contributed by atoms with Crippen LogP contribution in [0.5, 0.6) is 0 Å². The predicted molar refractivity (Wildman–Crippen MR) is 104 cm³/mol. The minimum Gasteiger partial charge on any atom is -0.383 e. The number of hydrogen-bond acceptors (Lipinski definition) is 3. The number of ether oxygens (including phenoxy) is 1. The van der Waals surface area contributed by atoms with Crippen molar-refractivity contribution in [1.29, 1.82) is 0 Å². The zero-order valence-corrected chi connectivity index (χ0v) is 16.2. The number of ketones is 1. The van der Waals surface area contributed by atoms with E-state index >= 15 is 0 Å². The first-order valence-corrected chi connectivity index (χ1v) is 9.18. The van der Waals surface area contributed by atoms with Crippen LogP contribution in [0.15, 0.2) is 42.5 Å². The van der Waals surface area contributed by atoms with Gasteiger partial charge in [0.15, 0.2) is 5.78 Å². The van der Waals surface area contributed by atoms with Gasteiger partial charge in [0.2, 0.25) is 0 Å². The van der Waals surface area contributed by atoms with Gasteiger partial charge >= 0.3 is 0 Å². The van der Waals surface area contributed by atoms with Crippen molar-refractivity contribution >= 4 is 27.6 Å². The molecule has 1 amide bonds. The summed E-state index contributed by atoms with van der Waals surface area (Å²) in [5.74, 6) is -0.282. The summed E-state index contributed by atoms with van der Waals surface area (Å²) in [5.41, 5.74) is 3.94. The molecule has 0 radical (unpaired) electrons. The fourth-order valence-electron chi connectivity index (χ4n) is 2.51. The lowest BCUT2D eigenvalue weighted by Crippen LogP contribution is -2.35. The number of amides is 1. The summed E-state index contributed by atoms with van der Waals surface area (Å²) in [7, 11) is 1.59. The van der Waals surface area contributed by atoms with E-state index in [0.717, 1.165) is 16.7 Å². The number of carbonyl (C=O) groups is 2. The van der Waals surface area contributed by atoms with E-state index < -0.39 is 0 Å². The van der Waals surface area contributed by atoms with Crippen molar-refractivity contribution in [3.8, 4) is 11.1 Å². The smallest absolute Gasteiger partial charge is 0.251 e. The van der Waals surface area contributed by atoms with Crippen molar-refractivity contribution in [1.82, 2.24) is 5.32 Å². The summed E-state index contributed by atoms with van der Waals surface area (Å²) in [5, 5.41) is 3.10. The highest BCUT2D eigenvalue weighted by Crippen LogP contribution is 2.24.